The molecule has 0 aliphatic rings. The minimum Gasteiger partial charge on any atom is -0.294 e. The second-order valence-electron chi connectivity index (χ2n) is 8.93. The van der Waals surface area contributed by atoms with Gasteiger partial charge in [-0.25, -0.2) is 0 Å². The molecule has 0 aliphatic carbocycles. The number of carbonyl (C=O) groups is 2. The molecule has 0 fully saturated rings. The maximum atomic E-state index is 13.2. The van der Waals surface area contributed by atoms with Gasteiger partial charge >= 0.3 is 0 Å². The molecule has 31 heavy (non-hydrogen) atoms. The van der Waals surface area contributed by atoms with Crippen LogP contribution in [0.15, 0.2) is 60.7 Å². The van der Waals surface area contributed by atoms with Crippen molar-refractivity contribution in [1.29, 1.82) is 0 Å². The van der Waals surface area contributed by atoms with E-state index in [1.807, 2.05) is 19.9 Å². The minimum absolute atomic E-state index is 0.00215. The molecular formula is C27H27O3P. The van der Waals surface area contributed by atoms with Crippen LogP contribution in [0.1, 0.15) is 69.3 Å². The van der Waals surface area contributed by atoms with Gasteiger partial charge in [-0.05, 0) is 47.6 Å². The zero-order valence-electron chi connectivity index (χ0n) is 18.7. The van der Waals surface area contributed by atoms with Gasteiger partial charge in [0.2, 0.25) is 0 Å². The standard InChI is InChI=1S/C27H27O3P/c1-17-14-21(27(3,4)5)15-18(2)24(17)23(28)16-20-12-9-13-22(26(20)31-30)25(29)19-10-7-6-8-11-19/h6-15H,16H2,1-5H3. The van der Waals surface area contributed by atoms with E-state index in [0.29, 0.717) is 27.6 Å². The van der Waals surface area contributed by atoms with Crippen molar-refractivity contribution in [3.63, 3.8) is 0 Å². The smallest absolute Gasteiger partial charge is 0.194 e. The summed E-state index contributed by atoms with van der Waals surface area (Å²) in [7, 11) is -0.271. The lowest BCUT2D eigenvalue weighted by Gasteiger charge is -2.22. The van der Waals surface area contributed by atoms with E-state index in [4.69, 9.17) is 0 Å². The third kappa shape index (κ3) is 4.89. The van der Waals surface area contributed by atoms with Crippen molar-refractivity contribution in [3.8, 4) is 0 Å². The van der Waals surface area contributed by atoms with Crippen LogP contribution in [0.5, 0.6) is 0 Å². The summed E-state index contributed by atoms with van der Waals surface area (Å²) in [6.07, 6.45) is 0.0943. The Hall–Kier alpha value is -2.90. The molecular weight excluding hydrogens is 403 g/mol. The monoisotopic (exact) mass is 430 g/mol. The first kappa shape index (κ1) is 22.8. The van der Waals surface area contributed by atoms with Gasteiger partial charge in [-0.15, -0.1) is 0 Å². The molecule has 0 unspecified atom stereocenters. The summed E-state index contributed by atoms with van der Waals surface area (Å²) in [5.41, 5.74) is 5.26. The zero-order valence-corrected chi connectivity index (χ0v) is 19.5. The molecule has 0 bridgehead atoms. The van der Waals surface area contributed by atoms with Crippen LogP contribution in [0.2, 0.25) is 0 Å². The Morgan fingerprint density at radius 1 is 0.871 bits per heavy atom. The number of hydrogen-bond acceptors (Lipinski definition) is 3. The molecule has 158 valence electrons. The Morgan fingerprint density at radius 2 is 1.48 bits per heavy atom. The van der Waals surface area contributed by atoms with E-state index in [0.717, 1.165) is 11.1 Å². The maximum absolute atomic E-state index is 13.2. The lowest BCUT2D eigenvalue weighted by Crippen LogP contribution is -2.19. The van der Waals surface area contributed by atoms with E-state index in [9.17, 15) is 14.2 Å². The van der Waals surface area contributed by atoms with Gasteiger partial charge in [0.05, 0.1) is 5.30 Å². The fourth-order valence-electron chi connectivity index (χ4n) is 3.87. The molecule has 3 aromatic rings. The number of Topliss-reactive ketones (excluding diaryl/α,β-unsaturated/α-hetero) is 1. The van der Waals surface area contributed by atoms with Crippen molar-refractivity contribution in [1.82, 2.24) is 0 Å². The highest BCUT2D eigenvalue weighted by Crippen LogP contribution is 2.28. The second-order valence-corrected chi connectivity index (χ2v) is 9.56. The van der Waals surface area contributed by atoms with Gasteiger partial charge in [0.25, 0.3) is 0 Å². The van der Waals surface area contributed by atoms with Crippen molar-refractivity contribution >= 4 is 25.3 Å². The number of aryl methyl sites for hydroxylation is 2. The molecule has 0 atom stereocenters. The fourth-order valence-corrected chi connectivity index (χ4v) is 4.41. The highest BCUT2D eigenvalue weighted by Gasteiger charge is 2.22. The van der Waals surface area contributed by atoms with Gasteiger partial charge in [0, 0.05) is 23.1 Å². The Bertz CT molecular complexity index is 1130. The number of benzene rings is 3. The molecule has 0 heterocycles. The van der Waals surface area contributed by atoms with Gasteiger partial charge in [0.15, 0.2) is 20.0 Å². The Balaban J connectivity index is 1.98. The van der Waals surface area contributed by atoms with Crippen LogP contribution in [0.4, 0.5) is 0 Å². The summed E-state index contributed by atoms with van der Waals surface area (Å²) >= 11 is 0. The van der Waals surface area contributed by atoms with Crippen molar-refractivity contribution in [2.45, 2.75) is 46.5 Å². The molecule has 3 rings (SSSR count). The quantitative estimate of drug-likeness (QED) is 0.347. The van der Waals surface area contributed by atoms with Gasteiger partial charge in [-0.3, -0.25) is 14.2 Å². The van der Waals surface area contributed by atoms with Crippen LogP contribution in [-0.4, -0.2) is 11.6 Å². The highest BCUT2D eigenvalue weighted by atomic mass is 31.1. The van der Waals surface area contributed by atoms with E-state index in [1.165, 1.54) is 5.56 Å². The second kappa shape index (κ2) is 9.08. The average molecular weight is 430 g/mol. The molecule has 0 N–H and O–H groups in total. The number of rotatable bonds is 6. The van der Waals surface area contributed by atoms with Crippen molar-refractivity contribution in [2.75, 3.05) is 0 Å². The molecule has 0 radical (unpaired) electrons. The lowest BCUT2D eigenvalue weighted by atomic mass is 9.82. The molecule has 0 spiro atoms. The van der Waals surface area contributed by atoms with Crippen molar-refractivity contribution in [2.24, 2.45) is 0 Å². The highest BCUT2D eigenvalue weighted by molar-refractivity contribution is 7.34. The van der Waals surface area contributed by atoms with Crippen LogP contribution in [0, 0.1) is 13.8 Å². The molecule has 4 heteroatoms. The first-order valence-electron chi connectivity index (χ1n) is 10.3. The van der Waals surface area contributed by atoms with E-state index in [2.05, 4.69) is 32.9 Å². The predicted octanol–water partition coefficient (Wildman–Crippen LogP) is 6.17. The molecule has 3 aromatic carbocycles. The Morgan fingerprint density at radius 3 is 2.03 bits per heavy atom. The summed E-state index contributed by atoms with van der Waals surface area (Å²) in [5.74, 6) is -0.236. The van der Waals surface area contributed by atoms with Crippen molar-refractivity contribution < 1.29 is 14.2 Å². The zero-order chi connectivity index (χ0) is 22.8. The number of ketones is 2. The SMILES string of the molecule is Cc1cc(C(C)(C)C)cc(C)c1C(=O)Cc1cccc(C(=O)c2ccccc2)c1P=O. The van der Waals surface area contributed by atoms with Crippen LogP contribution >= 0.6 is 8.46 Å². The Kier molecular flexibility index (Phi) is 6.67. The van der Waals surface area contributed by atoms with Crippen LogP contribution in [0.3, 0.4) is 0 Å². The lowest BCUT2D eigenvalue weighted by molar-refractivity contribution is 0.0989. The summed E-state index contributed by atoms with van der Waals surface area (Å²) in [6, 6.07) is 18.2. The summed E-state index contributed by atoms with van der Waals surface area (Å²) in [4.78, 5) is 26.2. The van der Waals surface area contributed by atoms with Gasteiger partial charge in [-0.1, -0.05) is 75.4 Å². The molecule has 0 aromatic heterocycles. The van der Waals surface area contributed by atoms with Crippen LogP contribution < -0.4 is 5.30 Å². The molecule has 0 saturated carbocycles. The largest absolute Gasteiger partial charge is 0.294 e. The molecule has 0 aliphatic heterocycles. The molecule has 0 amide bonds. The van der Waals surface area contributed by atoms with Gasteiger partial charge in [0.1, 0.15) is 0 Å². The van der Waals surface area contributed by atoms with Crippen molar-refractivity contribution in [3.05, 3.63) is 99.6 Å². The first-order valence-corrected chi connectivity index (χ1v) is 11.1. The third-order valence-electron chi connectivity index (χ3n) is 5.52. The average Bonchev–Trinajstić information content (AvgIpc) is 2.72. The minimum atomic E-state index is -0.271. The van der Waals surface area contributed by atoms with E-state index < -0.39 is 0 Å². The van der Waals surface area contributed by atoms with Gasteiger partial charge in [-0.2, -0.15) is 0 Å². The molecule has 0 saturated heterocycles. The third-order valence-corrected chi connectivity index (χ3v) is 6.23. The fraction of sp³-hybridized carbons (Fsp3) is 0.259. The van der Waals surface area contributed by atoms with E-state index >= 15 is 0 Å². The topological polar surface area (TPSA) is 51.2 Å². The van der Waals surface area contributed by atoms with E-state index in [-0.39, 0.29) is 31.9 Å². The number of hydrogen-bond donors (Lipinski definition) is 0. The predicted molar refractivity (Wildman–Crippen MR) is 126 cm³/mol. The first-order chi connectivity index (χ1) is 14.6. The molecule has 3 nitrogen and oxygen atoms in total. The normalized spacial score (nSPS) is 11.5. The van der Waals surface area contributed by atoms with E-state index in [1.54, 1.807) is 42.5 Å². The Labute approximate surface area is 185 Å². The maximum Gasteiger partial charge on any atom is 0.194 e. The number of carbonyl (C=O) groups excluding carboxylic acids is 2. The van der Waals surface area contributed by atoms with Gasteiger partial charge < -0.3 is 0 Å². The summed E-state index contributed by atoms with van der Waals surface area (Å²) in [5, 5.41) is 0.381. The van der Waals surface area contributed by atoms with Crippen LogP contribution in [-0.2, 0) is 16.4 Å². The van der Waals surface area contributed by atoms with Crippen LogP contribution in [0.25, 0.3) is 0 Å². The summed E-state index contributed by atoms with van der Waals surface area (Å²) < 4.78 is 12.0. The summed E-state index contributed by atoms with van der Waals surface area (Å²) in [6.45, 7) is 10.4.